The molecule has 0 bridgehead atoms. The number of carbonyl (C=O) groups excluding carboxylic acids is 2. The SMILES string of the molecule is CC1OC1COC(=O)CCCCC(=O)OCC1OC1C. The van der Waals surface area contributed by atoms with Gasteiger partial charge < -0.3 is 18.9 Å². The van der Waals surface area contributed by atoms with Crippen molar-refractivity contribution in [3.63, 3.8) is 0 Å². The predicted octanol–water partition coefficient (Wildman–Crippen LogP) is 1.21. The Bertz CT molecular complexity index is 322. The van der Waals surface area contributed by atoms with Crippen LogP contribution in [-0.4, -0.2) is 49.6 Å². The number of hydrogen-bond acceptors (Lipinski definition) is 6. The zero-order valence-corrected chi connectivity index (χ0v) is 12.0. The van der Waals surface area contributed by atoms with Crippen molar-refractivity contribution in [1.29, 1.82) is 0 Å². The van der Waals surface area contributed by atoms with Gasteiger partial charge in [0.25, 0.3) is 0 Å². The van der Waals surface area contributed by atoms with Crippen molar-refractivity contribution in [3.8, 4) is 0 Å². The first-order valence-electron chi connectivity index (χ1n) is 7.18. The second kappa shape index (κ2) is 7.04. The van der Waals surface area contributed by atoms with E-state index in [2.05, 4.69) is 0 Å². The average molecular weight is 286 g/mol. The molecule has 2 fully saturated rings. The van der Waals surface area contributed by atoms with Crippen LogP contribution in [0.5, 0.6) is 0 Å². The third-order valence-corrected chi connectivity index (χ3v) is 3.50. The molecule has 0 aromatic heterocycles. The highest BCUT2D eigenvalue weighted by Crippen LogP contribution is 2.21. The van der Waals surface area contributed by atoms with Crippen molar-refractivity contribution in [1.82, 2.24) is 0 Å². The molecule has 6 nitrogen and oxygen atoms in total. The fraction of sp³-hybridized carbons (Fsp3) is 0.857. The van der Waals surface area contributed by atoms with Gasteiger partial charge in [0.15, 0.2) is 0 Å². The number of rotatable bonds is 9. The van der Waals surface area contributed by atoms with Crippen LogP contribution in [0.2, 0.25) is 0 Å². The Hall–Kier alpha value is -1.14. The van der Waals surface area contributed by atoms with E-state index in [0.717, 1.165) is 0 Å². The Labute approximate surface area is 118 Å². The standard InChI is InChI=1S/C14H22O6/c1-9-11(19-9)7-17-13(15)5-3-4-6-14(16)18-8-12-10(2)20-12/h9-12H,3-8H2,1-2H3. The molecular formula is C14H22O6. The van der Waals surface area contributed by atoms with E-state index in [1.54, 1.807) is 0 Å². The van der Waals surface area contributed by atoms with Crippen LogP contribution in [0, 0.1) is 0 Å². The lowest BCUT2D eigenvalue weighted by molar-refractivity contribution is -0.146. The van der Waals surface area contributed by atoms with E-state index in [4.69, 9.17) is 18.9 Å². The van der Waals surface area contributed by atoms with Gasteiger partial charge in [0.05, 0.1) is 12.2 Å². The molecule has 2 saturated heterocycles. The van der Waals surface area contributed by atoms with Gasteiger partial charge in [0.1, 0.15) is 25.4 Å². The number of esters is 2. The Balaban J connectivity index is 1.40. The van der Waals surface area contributed by atoms with Crippen molar-refractivity contribution in [2.24, 2.45) is 0 Å². The number of ether oxygens (including phenoxy) is 4. The third-order valence-electron chi connectivity index (χ3n) is 3.50. The lowest BCUT2D eigenvalue weighted by Crippen LogP contribution is -2.12. The third kappa shape index (κ3) is 5.46. The normalized spacial score (nSPS) is 30.7. The molecule has 20 heavy (non-hydrogen) atoms. The molecule has 0 radical (unpaired) electrons. The van der Waals surface area contributed by atoms with Crippen molar-refractivity contribution in [2.45, 2.75) is 63.9 Å². The van der Waals surface area contributed by atoms with Crippen LogP contribution in [0.15, 0.2) is 0 Å². The van der Waals surface area contributed by atoms with Gasteiger partial charge in [0, 0.05) is 12.8 Å². The molecule has 0 amide bonds. The van der Waals surface area contributed by atoms with Crippen LogP contribution in [0.3, 0.4) is 0 Å². The van der Waals surface area contributed by atoms with Gasteiger partial charge in [-0.1, -0.05) is 0 Å². The average Bonchev–Trinajstić information content (AvgIpc) is 3.30. The first kappa shape index (κ1) is 15.3. The number of unbranched alkanes of at least 4 members (excludes halogenated alkanes) is 1. The molecule has 2 aliphatic heterocycles. The zero-order valence-electron chi connectivity index (χ0n) is 12.0. The highest BCUT2D eigenvalue weighted by atomic mass is 16.6. The Morgan fingerprint density at radius 1 is 0.850 bits per heavy atom. The van der Waals surface area contributed by atoms with E-state index in [1.165, 1.54) is 0 Å². The smallest absolute Gasteiger partial charge is 0.305 e. The van der Waals surface area contributed by atoms with Crippen LogP contribution in [0.1, 0.15) is 39.5 Å². The fourth-order valence-corrected chi connectivity index (χ4v) is 1.84. The van der Waals surface area contributed by atoms with Gasteiger partial charge >= 0.3 is 11.9 Å². The van der Waals surface area contributed by atoms with Crippen molar-refractivity contribution in [2.75, 3.05) is 13.2 Å². The van der Waals surface area contributed by atoms with Crippen LogP contribution >= 0.6 is 0 Å². The molecule has 4 atom stereocenters. The van der Waals surface area contributed by atoms with Crippen LogP contribution in [0.25, 0.3) is 0 Å². The van der Waals surface area contributed by atoms with Gasteiger partial charge in [-0.25, -0.2) is 0 Å². The predicted molar refractivity (Wildman–Crippen MR) is 69.1 cm³/mol. The minimum Gasteiger partial charge on any atom is -0.463 e. The lowest BCUT2D eigenvalue weighted by Gasteiger charge is -2.04. The molecule has 0 aliphatic carbocycles. The summed E-state index contributed by atoms with van der Waals surface area (Å²) in [6, 6.07) is 0. The van der Waals surface area contributed by atoms with Crippen molar-refractivity contribution in [3.05, 3.63) is 0 Å². The maximum Gasteiger partial charge on any atom is 0.305 e. The van der Waals surface area contributed by atoms with Crippen molar-refractivity contribution >= 4 is 11.9 Å². The van der Waals surface area contributed by atoms with Gasteiger partial charge in [0.2, 0.25) is 0 Å². The molecule has 2 aliphatic rings. The number of epoxide rings is 2. The van der Waals surface area contributed by atoms with Gasteiger partial charge in [-0.05, 0) is 26.7 Å². The van der Waals surface area contributed by atoms with Crippen molar-refractivity contribution < 1.29 is 28.5 Å². The summed E-state index contributed by atoms with van der Waals surface area (Å²) in [6.07, 6.45) is 2.47. The molecule has 0 aromatic carbocycles. The maximum atomic E-state index is 11.4. The second-order valence-electron chi connectivity index (χ2n) is 5.33. The molecule has 4 unspecified atom stereocenters. The minimum atomic E-state index is -0.235. The molecule has 6 heteroatoms. The van der Waals surface area contributed by atoms with E-state index in [1.807, 2.05) is 13.8 Å². The van der Waals surface area contributed by atoms with E-state index in [-0.39, 0.29) is 36.4 Å². The quantitative estimate of drug-likeness (QED) is 0.360. The first-order valence-corrected chi connectivity index (χ1v) is 7.18. The maximum absolute atomic E-state index is 11.4. The summed E-state index contributed by atoms with van der Waals surface area (Å²) in [7, 11) is 0. The summed E-state index contributed by atoms with van der Waals surface area (Å²) in [6.45, 7) is 4.55. The summed E-state index contributed by atoms with van der Waals surface area (Å²) in [5.74, 6) is -0.470. The lowest BCUT2D eigenvalue weighted by atomic mass is 10.2. The Kier molecular flexibility index (Phi) is 5.37. The number of hydrogen-bond donors (Lipinski definition) is 0. The molecule has 0 aromatic rings. The van der Waals surface area contributed by atoms with Crippen LogP contribution in [-0.2, 0) is 28.5 Å². The second-order valence-corrected chi connectivity index (χ2v) is 5.33. The topological polar surface area (TPSA) is 77.7 Å². The molecule has 2 rings (SSSR count). The highest BCUT2D eigenvalue weighted by Gasteiger charge is 2.35. The van der Waals surface area contributed by atoms with E-state index >= 15 is 0 Å². The Morgan fingerprint density at radius 2 is 1.20 bits per heavy atom. The molecule has 0 N–H and O–H groups in total. The minimum absolute atomic E-state index is 0.0703. The zero-order chi connectivity index (χ0) is 14.5. The van der Waals surface area contributed by atoms with Gasteiger partial charge in [-0.15, -0.1) is 0 Å². The first-order chi connectivity index (χ1) is 9.56. The van der Waals surface area contributed by atoms with Crippen LogP contribution in [0.4, 0.5) is 0 Å². The largest absolute Gasteiger partial charge is 0.463 e. The Morgan fingerprint density at radius 3 is 1.50 bits per heavy atom. The van der Waals surface area contributed by atoms with E-state index in [0.29, 0.717) is 38.9 Å². The molecule has 114 valence electrons. The highest BCUT2D eigenvalue weighted by molar-refractivity contribution is 5.70. The number of carbonyl (C=O) groups is 2. The van der Waals surface area contributed by atoms with Gasteiger partial charge in [-0.3, -0.25) is 9.59 Å². The summed E-state index contributed by atoms with van der Waals surface area (Å²) in [5.41, 5.74) is 0. The summed E-state index contributed by atoms with van der Waals surface area (Å²) in [4.78, 5) is 22.8. The summed E-state index contributed by atoms with van der Waals surface area (Å²) in [5, 5.41) is 0. The van der Waals surface area contributed by atoms with Gasteiger partial charge in [-0.2, -0.15) is 0 Å². The summed E-state index contributed by atoms with van der Waals surface area (Å²) >= 11 is 0. The molecular weight excluding hydrogens is 264 g/mol. The van der Waals surface area contributed by atoms with E-state index < -0.39 is 0 Å². The fourth-order valence-electron chi connectivity index (χ4n) is 1.84. The van der Waals surface area contributed by atoms with E-state index in [9.17, 15) is 9.59 Å². The molecule has 0 spiro atoms. The molecule has 0 saturated carbocycles. The monoisotopic (exact) mass is 286 g/mol. The summed E-state index contributed by atoms with van der Waals surface area (Å²) < 4.78 is 20.4. The van der Waals surface area contributed by atoms with Crippen LogP contribution < -0.4 is 0 Å². The molecule has 2 heterocycles.